The van der Waals surface area contributed by atoms with Crippen molar-refractivity contribution in [2.45, 2.75) is 103 Å². The van der Waals surface area contributed by atoms with Crippen LogP contribution in [0.1, 0.15) is 89.9 Å². The van der Waals surface area contributed by atoms with Crippen LogP contribution in [0.25, 0.3) is 0 Å². The Labute approximate surface area is 287 Å². The fourth-order valence-corrected chi connectivity index (χ4v) is 6.92. The lowest BCUT2D eigenvalue weighted by Gasteiger charge is -2.35. The number of carbonyl (C=O) groups is 3. The van der Waals surface area contributed by atoms with Gasteiger partial charge in [-0.1, -0.05) is 0 Å². The number of likely N-dealkylation sites (tertiary alicyclic amines) is 1. The van der Waals surface area contributed by atoms with Gasteiger partial charge in [-0.05, 0) is 91.3 Å². The lowest BCUT2D eigenvalue weighted by Crippen LogP contribution is -2.46. The summed E-state index contributed by atoms with van der Waals surface area (Å²) in [7, 11) is 4.98. The van der Waals surface area contributed by atoms with Gasteiger partial charge < -0.3 is 38.4 Å². The normalized spacial score (nSPS) is 22.8. The highest BCUT2D eigenvalue weighted by molar-refractivity contribution is 5.95. The molecule has 3 fully saturated rings. The average molecular weight is 674 g/mol. The fourth-order valence-electron chi connectivity index (χ4n) is 6.92. The van der Waals surface area contributed by atoms with Crippen molar-refractivity contribution in [2.24, 2.45) is 17.8 Å². The summed E-state index contributed by atoms with van der Waals surface area (Å²) in [5.74, 6) is 1.16. The predicted octanol–water partition coefficient (Wildman–Crippen LogP) is 5.64. The van der Waals surface area contributed by atoms with Crippen LogP contribution in [0, 0.1) is 17.8 Å². The molecule has 48 heavy (non-hydrogen) atoms. The first-order chi connectivity index (χ1) is 22.8. The summed E-state index contributed by atoms with van der Waals surface area (Å²) in [4.78, 5) is 47.2. The van der Waals surface area contributed by atoms with E-state index in [0.717, 1.165) is 38.5 Å². The maximum atomic E-state index is 14.1. The van der Waals surface area contributed by atoms with E-state index in [1.54, 1.807) is 44.4 Å². The van der Waals surface area contributed by atoms with Crippen molar-refractivity contribution in [3.05, 3.63) is 23.8 Å². The summed E-state index contributed by atoms with van der Waals surface area (Å²) in [5, 5.41) is 0. The van der Waals surface area contributed by atoms with Gasteiger partial charge in [0.1, 0.15) is 5.60 Å². The van der Waals surface area contributed by atoms with Gasteiger partial charge in [-0.3, -0.25) is 9.59 Å². The third kappa shape index (κ3) is 10.2. The van der Waals surface area contributed by atoms with Crippen LogP contribution in [0.3, 0.4) is 0 Å². The smallest absolute Gasteiger partial charge is 0.410 e. The number of amides is 3. The topological polar surface area (TPSA) is 107 Å². The number of hydrogen-bond acceptors (Lipinski definition) is 8. The summed E-state index contributed by atoms with van der Waals surface area (Å²) in [6.45, 7) is 12.6. The monoisotopic (exact) mass is 673 g/mol. The number of nitrogens with zero attached hydrogens (tertiary/aromatic N) is 3. The van der Waals surface area contributed by atoms with Crippen LogP contribution < -0.4 is 9.47 Å². The molecule has 0 N–H and O–H groups in total. The largest absolute Gasteiger partial charge is 0.493 e. The molecule has 4 rings (SSSR count). The Hall–Kier alpha value is -3.05. The highest BCUT2D eigenvalue weighted by Crippen LogP contribution is 2.37. The van der Waals surface area contributed by atoms with Crippen LogP contribution in [-0.4, -0.2) is 117 Å². The summed E-state index contributed by atoms with van der Waals surface area (Å²) < 4.78 is 27.9. The van der Waals surface area contributed by atoms with Gasteiger partial charge in [-0.15, -0.1) is 0 Å². The zero-order chi connectivity index (χ0) is 35.0. The van der Waals surface area contributed by atoms with Crippen molar-refractivity contribution < 1.29 is 38.1 Å². The highest BCUT2D eigenvalue weighted by Gasteiger charge is 2.44. The zero-order valence-corrected chi connectivity index (χ0v) is 30.5. The molecular weight excluding hydrogens is 614 g/mol. The molecule has 270 valence electrons. The predicted molar refractivity (Wildman–Crippen MR) is 183 cm³/mol. The summed E-state index contributed by atoms with van der Waals surface area (Å²) in [5.41, 5.74) is -0.120. The van der Waals surface area contributed by atoms with E-state index in [1.165, 1.54) is 0 Å². The van der Waals surface area contributed by atoms with E-state index in [1.807, 2.05) is 39.5 Å². The van der Waals surface area contributed by atoms with E-state index in [-0.39, 0.29) is 53.8 Å². The Morgan fingerprint density at radius 3 is 2.12 bits per heavy atom. The minimum Gasteiger partial charge on any atom is -0.493 e. The molecule has 11 heteroatoms. The molecule has 0 aromatic heterocycles. The van der Waals surface area contributed by atoms with Crippen LogP contribution in [-0.2, 0) is 19.0 Å². The Bertz CT molecular complexity index is 1220. The van der Waals surface area contributed by atoms with E-state index < -0.39 is 5.60 Å². The van der Waals surface area contributed by atoms with Gasteiger partial charge in [0, 0.05) is 88.8 Å². The molecule has 0 radical (unpaired) electrons. The summed E-state index contributed by atoms with van der Waals surface area (Å²) in [6.07, 6.45) is 6.09. The molecule has 0 bridgehead atoms. The van der Waals surface area contributed by atoms with Crippen molar-refractivity contribution in [1.82, 2.24) is 14.7 Å². The van der Waals surface area contributed by atoms with Crippen molar-refractivity contribution in [1.29, 1.82) is 0 Å². The highest BCUT2D eigenvalue weighted by atomic mass is 16.6. The van der Waals surface area contributed by atoms with E-state index in [4.69, 9.17) is 23.7 Å². The average Bonchev–Trinajstić information content (AvgIpc) is 3.82. The number of methoxy groups -OCH3 is 3. The Morgan fingerprint density at radius 1 is 0.896 bits per heavy atom. The minimum absolute atomic E-state index is 0.00183. The van der Waals surface area contributed by atoms with Crippen molar-refractivity contribution >= 4 is 17.9 Å². The van der Waals surface area contributed by atoms with Gasteiger partial charge in [-0.2, -0.15) is 0 Å². The molecular formula is C37H59N3O8. The standard InChI is InChI=1S/C37H59N3O8/c1-25(2)39(35(42)27-12-17-32(46-8)33(20-27)47-19-9-18-44-6)23-28-21-38(36(43)48-37(3,4)5)22-29(28)24-40(30-13-14-30)34(41)26-10-15-31(45-7)16-11-26/h12,17,20,25-26,28-31H,9-11,13-16,18-19,21-24H2,1-8H3/t26?,28-,29-,31?/m0/s1. The number of carbonyl (C=O) groups excluding carboxylic acids is 3. The van der Waals surface area contributed by atoms with Gasteiger partial charge in [0.15, 0.2) is 11.5 Å². The maximum Gasteiger partial charge on any atom is 0.410 e. The van der Waals surface area contributed by atoms with Crippen molar-refractivity contribution in [3.8, 4) is 11.5 Å². The molecule has 1 aromatic rings. The van der Waals surface area contributed by atoms with E-state index in [9.17, 15) is 14.4 Å². The molecule has 1 saturated heterocycles. The number of benzene rings is 1. The quantitative estimate of drug-likeness (QED) is 0.220. The molecule has 11 nitrogen and oxygen atoms in total. The molecule has 3 amide bonds. The lowest BCUT2D eigenvalue weighted by molar-refractivity contribution is -0.138. The summed E-state index contributed by atoms with van der Waals surface area (Å²) in [6, 6.07) is 5.43. The molecule has 1 aliphatic heterocycles. The lowest BCUT2D eigenvalue weighted by atomic mass is 9.85. The maximum absolute atomic E-state index is 14.1. The first-order valence-corrected chi connectivity index (χ1v) is 17.8. The van der Waals surface area contributed by atoms with Crippen molar-refractivity contribution in [3.63, 3.8) is 0 Å². The minimum atomic E-state index is -0.626. The van der Waals surface area contributed by atoms with Crippen molar-refractivity contribution in [2.75, 3.05) is 60.7 Å². The number of hydrogen-bond donors (Lipinski definition) is 0. The second-order valence-corrected chi connectivity index (χ2v) is 14.9. The van der Waals surface area contributed by atoms with E-state index in [0.29, 0.717) is 62.9 Å². The first-order valence-electron chi connectivity index (χ1n) is 17.8. The Balaban J connectivity index is 1.54. The van der Waals surface area contributed by atoms with Gasteiger partial charge >= 0.3 is 6.09 Å². The summed E-state index contributed by atoms with van der Waals surface area (Å²) >= 11 is 0. The number of ether oxygens (including phenoxy) is 5. The Kier molecular flexibility index (Phi) is 13.4. The van der Waals surface area contributed by atoms with Gasteiger partial charge in [-0.25, -0.2) is 4.79 Å². The second-order valence-electron chi connectivity index (χ2n) is 14.9. The molecule has 2 saturated carbocycles. The third-order valence-electron chi connectivity index (χ3n) is 9.76. The van der Waals surface area contributed by atoms with Crippen LogP contribution in [0.5, 0.6) is 11.5 Å². The molecule has 0 spiro atoms. The van der Waals surface area contributed by atoms with Crippen LogP contribution in [0.2, 0.25) is 0 Å². The third-order valence-corrected chi connectivity index (χ3v) is 9.76. The van der Waals surface area contributed by atoms with Gasteiger partial charge in [0.25, 0.3) is 5.91 Å². The van der Waals surface area contributed by atoms with Crippen LogP contribution in [0.15, 0.2) is 18.2 Å². The van der Waals surface area contributed by atoms with E-state index >= 15 is 0 Å². The molecule has 1 heterocycles. The SMILES string of the molecule is COCCCOc1cc(C(=O)N(C[C@@H]2CN(C(=O)OC(C)(C)C)C[C@H]2CN(C(=O)C2CCC(OC)CC2)C2CC2)C(C)C)ccc1OC. The number of rotatable bonds is 15. The first kappa shape index (κ1) is 37.8. The van der Waals surface area contributed by atoms with Crippen LogP contribution >= 0.6 is 0 Å². The molecule has 0 unspecified atom stereocenters. The van der Waals surface area contributed by atoms with Crippen LogP contribution in [0.4, 0.5) is 4.79 Å². The van der Waals surface area contributed by atoms with E-state index in [2.05, 4.69) is 4.90 Å². The Morgan fingerprint density at radius 2 is 1.56 bits per heavy atom. The zero-order valence-electron chi connectivity index (χ0n) is 30.5. The molecule has 1 aromatic carbocycles. The fraction of sp³-hybridized carbons (Fsp3) is 0.757. The molecule has 2 atom stereocenters. The van der Waals surface area contributed by atoms with Gasteiger partial charge in [0.2, 0.25) is 5.91 Å². The van der Waals surface area contributed by atoms with Gasteiger partial charge in [0.05, 0.1) is 19.8 Å². The molecule has 3 aliphatic rings. The second kappa shape index (κ2) is 17.1. The molecule has 2 aliphatic carbocycles.